The number of rotatable bonds is 5. The number of carbonyl (C=O) groups is 1. The van der Waals surface area contributed by atoms with Crippen molar-refractivity contribution in [3.05, 3.63) is 35.4 Å². The standard InChI is InChI=1S/C18H26O/c1-13(12-18(2,3)4)9-16(19)11-15-10-14-7-5-6-8-17(14)15/h5-8,13,15H,9-12H2,1-4H3. The van der Waals surface area contributed by atoms with E-state index in [-0.39, 0.29) is 0 Å². The van der Waals surface area contributed by atoms with E-state index in [0.29, 0.717) is 23.0 Å². The first-order chi connectivity index (χ1) is 8.85. The molecule has 1 aliphatic carbocycles. The topological polar surface area (TPSA) is 17.1 Å². The number of Topliss-reactive ketones (excluding diaryl/α,β-unsaturated/α-hetero) is 1. The van der Waals surface area contributed by atoms with Crippen LogP contribution in [0, 0.1) is 11.3 Å². The third-order valence-corrected chi connectivity index (χ3v) is 3.97. The predicted octanol–water partition coefficient (Wildman–Crippen LogP) is 4.75. The predicted molar refractivity (Wildman–Crippen MR) is 80.4 cm³/mol. The molecule has 0 heterocycles. The summed E-state index contributed by atoms with van der Waals surface area (Å²) in [5.74, 6) is 1.43. The van der Waals surface area contributed by atoms with Crippen LogP contribution in [0.15, 0.2) is 24.3 Å². The average molecular weight is 258 g/mol. The van der Waals surface area contributed by atoms with Crippen LogP contribution in [0.3, 0.4) is 0 Å². The molecule has 0 aliphatic heterocycles. The van der Waals surface area contributed by atoms with Crippen LogP contribution in [0.2, 0.25) is 0 Å². The Kier molecular flexibility index (Phi) is 4.13. The Morgan fingerprint density at radius 1 is 1.32 bits per heavy atom. The number of hydrogen-bond donors (Lipinski definition) is 0. The van der Waals surface area contributed by atoms with Crippen LogP contribution in [-0.2, 0) is 11.2 Å². The first-order valence-electron chi connectivity index (χ1n) is 7.44. The third kappa shape index (κ3) is 3.92. The van der Waals surface area contributed by atoms with E-state index in [1.165, 1.54) is 11.1 Å². The van der Waals surface area contributed by atoms with Crippen molar-refractivity contribution in [1.82, 2.24) is 0 Å². The number of carbonyl (C=O) groups excluding carboxylic acids is 1. The Labute approximate surface area is 117 Å². The van der Waals surface area contributed by atoms with Crippen molar-refractivity contribution in [1.29, 1.82) is 0 Å². The fourth-order valence-corrected chi connectivity index (χ4v) is 3.41. The zero-order valence-corrected chi connectivity index (χ0v) is 12.7. The van der Waals surface area contributed by atoms with Crippen LogP contribution < -0.4 is 0 Å². The first kappa shape index (κ1) is 14.3. The molecular weight excluding hydrogens is 232 g/mol. The van der Waals surface area contributed by atoms with Crippen LogP contribution in [0.4, 0.5) is 0 Å². The molecule has 1 aliphatic rings. The summed E-state index contributed by atoms with van der Waals surface area (Å²) < 4.78 is 0. The summed E-state index contributed by atoms with van der Waals surface area (Å²) in [6.07, 6.45) is 3.71. The monoisotopic (exact) mass is 258 g/mol. The molecular formula is C18H26O. The zero-order valence-electron chi connectivity index (χ0n) is 12.7. The van der Waals surface area contributed by atoms with Crippen molar-refractivity contribution in [2.24, 2.45) is 11.3 Å². The summed E-state index contributed by atoms with van der Waals surface area (Å²) in [5, 5.41) is 0. The van der Waals surface area contributed by atoms with Crippen LogP contribution in [-0.4, -0.2) is 5.78 Å². The molecule has 0 bridgehead atoms. The number of benzene rings is 1. The largest absolute Gasteiger partial charge is 0.300 e. The van der Waals surface area contributed by atoms with Crippen LogP contribution in [0.25, 0.3) is 0 Å². The summed E-state index contributed by atoms with van der Waals surface area (Å²) in [7, 11) is 0. The Balaban J connectivity index is 1.81. The first-order valence-corrected chi connectivity index (χ1v) is 7.44. The van der Waals surface area contributed by atoms with E-state index in [2.05, 4.69) is 52.0 Å². The van der Waals surface area contributed by atoms with E-state index in [1.807, 2.05) is 0 Å². The SMILES string of the molecule is CC(CC(=O)CC1Cc2ccccc21)CC(C)(C)C. The lowest BCUT2D eigenvalue weighted by Crippen LogP contribution is -2.21. The highest BCUT2D eigenvalue weighted by atomic mass is 16.1. The fourth-order valence-electron chi connectivity index (χ4n) is 3.41. The minimum absolute atomic E-state index is 0.322. The minimum atomic E-state index is 0.322. The molecule has 2 rings (SSSR count). The second kappa shape index (κ2) is 5.48. The smallest absolute Gasteiger partial charge is 0.133 e. The number of fused-ring (bicyclic) bond motifs is 1. The molecule has 1 nitrogen and oxygen atoms in total. The van der Waals surface area contributed by atoms with Crippen LogP contribution in [0.5, 0.6) is 0 Å². The second-order valence-electron chi connectivity index (χ2n) is 7.42. The van der Waals surface area contributed by atoms with Gasteiger partial charge in [0.15, 0.2) is 0 Å². The molecule has 0 saturated carbocycles. The zero-order chi connectivity index (χ0) is 14.0. The molecule has 0 spiro atoms. The summed E-state index contributed by atoms with van der Waals surface area (Å²) in [5.41, 5.74) is 3.16. The van der Waals surface area contributed by atoms with Crippen LogP contribution >= 0.6 is 0 Å². The van der Waals surface area contributed by atoms with Crippen molar-refractivity contribution in [2.75, 3.05) is 0 Å². The van der Waals surface area contributed by atoms with Crippen molar-refractivity contribution >= 4 is 5.78 Å². The molecule has 0 amide bonds. The lowest BCUT2D eigenvalue weighted by Gasteiger charge is -2.30. The van der Waals surface area contributed by atoms with Gasteiger partial charge in [-0.05, 0) is 41.2 Å². The molecule has 2 atom stereocenters. The Bertz CT molecular complexity index is 453. The molecule has 0 fully saturated rings. The molecule has 2 unspecified atom stereocenters. The molecule has 1 heteroatoms. The van der Waals surface area contributed by atoms with E-state index in [1.54, 1.807) is 0 Å². The molecule has 104 valence electrons. The maximum absolute atomic E-state index is 12.2. The van der Waals surface area contributed by atoms with Gasteiger partial charge in [-0.3, -0.25) is 4.79 Å². The Morgan fingerprint density at radius 3 is 2.63 bits per heavy atom. The molecule has 1 aromatic rings. The van der Waals surface area contributed by atoms with E-state index in [0.717, 1.165) is 25.7 Å². The fraction of sp³-hybridized carbons (Fsp3) is 0.611. The maximum Gasteiger partial charge on any atom is 0.133 e. The van der Waals surface area contributed by atoms with Crippen molar-refractivity contribution in [3.8, 4) is 0 Å². The molecule has 0 aromatic heterocycles. The molecule has 0 saturated heterocycles. The summed E-state index contributed by atoms with van der Waals surface area (Å²) in [6.45, 7) is 8.94. The second-order valence-corrected chi connectivity index (χ2v) is 7.42. The van der Waals surface area contributed by atoms with Crippen molar-refractivity contribution in [3.63, 3.8) is 0 Å². The van der Waals surface area contributed by atoms with E-state index in [9.17, 15) is 4.79 Å². The summed E-state index contributed by atoms with van der Waals surface area (Å²) >= 11 is 0. The quantitative estimate of drug-likeness (QED) is 0.745. The highest BCUT2D eigenvalue weighted by Crippen LogP contribution is 2.38. The van der Waals surface area contributed by atoms with Crippen LogP contribution in [0.1, 0.15) is 64.0 Å². The molecule has 0 N–H and O–H groups in total. The number of ketones is 1. The van der Waals surface area contributed by atoms with Gasteiger partial charge in [-0.1, -0.05) is 52.0 Å². The van der Waals surface area contributed by atoms with Gasteiger partial charge in [0, 0.05) is 12.8 Å². The molecule has 0 radical (unpaired) electrons. The highest BCUT2D eigenvalue weighted by molar-refractivity contribution is 5.80. The van der Waals surface area contributed by atoms with Gasteiger partial charge < -0.3 is 0 Å². The minimum Gasteiger partial charge on any atom is -0.300 e. The van der Waals surface area contributed by atoms with Crippen molar-refractivity contribution in [2.45, 2.75) is 59.3 Å². The van der Waals surface area contributed by atoms with Crippen molar-refractivity contribution < 1.29 is 4.79 Å². The van der Waals surface area contributed by atoms with Gasteiger partial charge in [-0.15, -0.1) is 0 Å². The Hall–Kier alpha value is -1.11. The number of hydrogen-bond acceptors (Lipinski definition) is 1. The van der Waals surface area contributed by atoms with Gasteiger partial charge >= 0.3 is 0 Å². The lowest BCUT2D eigenvalue weighted by atomic mass is 9.74. The maximum atomic E-state index is 12.2. The van der Waals surface area contributed by atoms with E-state index in [4.69, 9.17) is 0 Å². The lowest BCUT2D eigenvalue weighted by molar-refractivity contribution is -0.120. The molecule has 19 heavy (non-hydrogen) atoms. The van der Waals surface area contributed by atoms with Gasteiger partial charge in [0.1, 0.15) is 5.78 Å². The van der Waals surface area contributed by atoms with Gasteiger partial charge in [-0.25, -0.2) is 0 Å². The summed E-state index contributed by atoms with van der Waals surface area (Å²) in [4.78, 5) is 12.2. The van der Waals surface area contributed by atoms with Gasteiger partial charge in [0.2, 0.25) is 0 Å². The summed E-state index contributed by atoms with van der Waals surface area (Å²) in [6, 6.07) is 8.52. The van der Waals surface area contributed by atoms with Gasteiger partial charge in [-0.2, -0.15) is 0 Å². The molecule has 1 aromatic carbocycles. The van der Waals surface area contributed by atoms with E-state index < -0.39 is 0 Å². The van der Waals surface area contributed by atoms with Gasteiger partial charge in [0.05, 0.1) is 0 Å². The van der Waals surface area contributed by atoms with Gasteiger partial charge in [0.25, 0.3) is 0 Å². The van der Waals surface area contributed by atoms with E-state index >= 15 is 0 Å². The Morgan fingerprint density at radius 2 is 2.00 bits per heavy atom. The third-order valence-electron chi connectivity index (χ3n) is 3.97. The normalized spacial score (nSPS) is 19.5. The average Bonchev–Trinajstić information content (AvgIpc) is 2.23. The highest BCUT2D eigenvalue weighted by Gasteiger charge is 2.28.